The second-order valence-electron chi connectivity index (χ2n) is 5.55. The molecule has 0 unspecified atom stereocenters. The first-order valence-corrected chi connectivity index (χ1v) is 9.09. The van der Waals surface area contributed by atoms with Crippen LogP contribution in [0.2, 0.25) is 0 Å². The van der Waals surface area contributed by atoms with Gasteiger partial charge in [0, 0.05) is 18.3 Å². The van der Waals surface area contributed by atoms with Crippen molar-refractivity contribution in [2.24, 2.45) is 0 Å². The van der Waals surface area contributed by atoms with E-state index < -0.39 is 38.1 Å². The number of nitrogens with one attached hydrogen (secondary N) is 1. The predicted molar refractivity (Wildman–Crippen MR) is 91.6 cm³/mol. The van der Waals surface area contributed by atoms with Gasteiger partial charge in [0.05, 0.1) is 11.4 Å². The van der Waals surface area contributed by atoms with Crippen molar-refractivity contribution in [2.75, 3.05) is 18.9 Å². The summed E-state index contributed by atoms with van der Waals surface area (Å²) in [7, 11) is -3.40. The number of rotatable bonds is 6. The van der Waals surface area contributed by atoms with Crippen LogP contribution < -0.4 is 5.32 Å². The summed E-state index contributed by atoms with van der Waals surface area (Å²) in [6.45, 7) is -0.326. The van der Waals surface area contributed by atoms with E-state index in [1.807, 2.05) is 0 Å². The van der Waals surface area contributed by atoms with E-state index in [-0.39, 0.29) is 12.1 Å². The van der Waals surface area contributed by atoms with E-state index in [1.54, 1.807) is 0 Å². The third-order valence-corrected chi connectivity index (χ3v) is 4.92. The number of amides is 2. The van der Waals surface area contributed by atoms with Crippen LogP contribution in [0.1, 0.15) is 10.4 Å². The van der Waals surface area contributed by atoms with Gasteiger partial charge < -0.3 is 10.2 Å². The highest BCUT2D eigenvalue weighted by atomic mass is 32.2. The smallest absolute Gasteiger partial charge is 0.332 e. The van der Waals surface area contributed by atoms with Crippen molar-refractivity contribution in [1.29, 1.82) is 0 Å². The minimum absolute atomic E-state index is 0.0281. The first-order valence-electron chi connectivity index (χ1n) is 7.54. The van der Waals surface area contributed by atoms with Gasteiger partial charge in [-0.15, -0.1) is 0 Å². The highest BCUT2D eigenvalue weighted by Gasteiger charge is 2.26. The standard InChI is InChI=1S/C17H15F3N2O4S/c1-22(10-15(23)21-13-6-4-12(18)5-7-13)16(24)11-2-8-14(9-3-11)27(25,26)17(19)20/h2-9,17H,10H2,1H3,(H,21,23). The van der Waals surface area contributed by atoms with Crippen molar-refractivity contribution < 1.29 is 31.2 Å². The van der Waals surface area contributed by atoms with Crippen molar-refractivity contribution in [1.82, 2.24) is 4.90 Å². The van der Waals surface area contributed by atoms with Crippen LogP contribution in [0.25, 0.3) is 0 Å². The fourth-order valence-electron chi connectivity index (χ4n) is 2.13. The summed E-state index contributed by atoms with van der Waals surface area (Å²) in [5, 5.41) is 2.49. The summed E-state index contributed by atoms with van der Waals surface area (Å²) in [6.07, 6.45) is 0. The molecule has 0 fully saturated rings. The van der Waals surface area contributed by atoms with Gasteiger partial charge in [-0.05, 0) is 48.5 Å². The Hall–Kier alpha value is -2.88. The third kappa shape index (κ3) is 5.07. The zero-order chi connectivity index (χ0) is 20.2. The molecule has 0 radical (unpaired) electrons. The molecule has 0 aliphatic heterocycles. The molecule has 0 aromatic heterocycles. The van der Waals surface area contributed by atoms with E-state index in [4.69, 9.17) is 0 Å². The van der Waals surface area contributed by atoms with Crippen LogP contribution in [-0.2, 0) is 14.6 Å². The Kier molecular flexibility index (Phi) is 6.21. The van der Waals surface area contributed by atoms with Gasteiger partial charge in [0.2, 0.25) is 15.7 Å². The van der Waals surface area contributed by atoms with E-state index in [9.17, 15) is 31.2 Å². The Labute approximate surface area is 153 Å². The second-order valence-corrected chi connectivity index (χ2v) is 7.46. The maximum Gasteiger partial charge on any atom is 0.341 e. The fourth-order valence-corrected chi connectivity index (χ4v) is 2.85. The minimum atomic E-state index is -4.75. The van der Waals surface area contributed by atoms with Crippen LogP contribution in [0, 0.1) is 5.82 Å². The normalized spacial score (nSPS) is 11.3. The molecule has 0 bridgehead atoms. The average molecular weight is 400 g/mol. The maximum atomic E-state index is 12.8. The molecule has 0 heterocycles. The van der Waals surface area contributed by atoms with Crippen LogP contribution in [0.15, 0.2) is 53.4 Å². The Morgan fingerprint density at radius 3 is 2.11 bits per heavy atom. The topological polar surface area (TPSA) is 83.6 Å². The van der Waals surface area contributed by atoms with Gasteiger partial charge in [0.15, 0.2) is 0 Å². The highest BCUT2D eigenvalue weighted by Crippen LogP contribution is 2.19. The summed E-state index contributed by atoms with van der Waals surface area (Å²) in [4.78, 5) is 24.7. The molecule has 10 heteroatoms. The summed E-state index contributed by atoms with van der Waals surface area (Å²) in [5.41, 5.74) is 0.379. The predicted octanol–water partition coefficient (Wildman–Crippen LogP) is 2.53. The molecular formula is C17H15F3N2O4S. The van der Waals surface area contributed by atoms with Crippen molar-refractivity contribution in [3.8, 4) is 0 Å². The lowest BCUT2D eigenvalue weighted by Crippen LogP contribution is -2.34. The number of carbonyl (C=O) groups is 2. The number of sulfone groups is 1. The number of nitrogens with zero attached hydrogens (tertiary/aromatic N) is 1. The quantitative estimate of drug-likeness (QED) is 0.808. The van der Waals surface area contributed by atoms with Gasteiger partial charge >= 0.3 is 5.76 Å². The molecule has 0 spiro atoms. The zero-order valence-corrected chi connectivity index (χ0v) is 14.8. The van der Waals surface area contributed by atoms with Crippen LogP contribution in [-0.4, -0.2) is 44.5 Å². The number of carbonyl (C=O) groups excluding carboxylic acids is 2. The Morgan fingerprint density at radius 1 is 1.04 bits per heavy atom. The van der Waals surface area contributed by atoms with Crippen LogP contribution in [0.4, 0.5) is 18.9 Å². The van der Waals surface area contributed by atoms with Crippen molar-refractivity contribution in [3.05, 3.63) is 59.9 Å². The monoisotopic (exact) mass is 400 g/mol. The maximum absolute atomic E-state index is 12.8. The van der Waals surface area contributed by atoms with E-state index >= 15 is 0 Å². The fraction of sp³-hybridized carbons (Fsp3) is 0.176. The molecule has 6 nitrogen and oxygen atoms in total. The zero-order valence-electron chi connectivity index (χ0n) is 14.0. The molecule has 2 aromatic carbocycles. The summed E-state index contributed by atoms with van der Waals surface area (Å²) >= 11 is 0. The molecule has 2 amide bonds. The van der Waals surface area contributed by atoms with Gasteiger partial charge in [-0.3, -0.25) is 9.59 Å². The Balaban J connectivity index is 2.02. The summed E-state index contributed by atoms with van der Waals surface area (Å²) in [5.74, 6) is -5.16. The van der Waals surface area contributed by atoms with Crippen LogP contribution in [0.5, 0.6) is 0 Å². The van der Waals surface area contributed by atoms with E-state index in [2.05, 4.69) is 5.32 Å². The van der Waals surface area contributed by atoms with E-state index in [1.165, 1.54) is 31.3 Å². The number of hydrogen-bond acceptors (Lipinski definition) is 4. The number of likely N-dealkylation sites (N-methyl/N-ethyl adjacent to an activating group) is 1. The molecule has 144 valence electrons. The molecule has 0 saturated heterocycles. The van der Waals surface area contributed by atoms with Crippen molar-refractivity contribution in [3.63, 3.8) is 0 Å². The lowest BCUT2D eigenvalue weighted by atomic mass is 10.2. The van der Waals surface area contributed by atoms with Gasteiger partial charge in [-0.25, -0.2) is 12.8 Å². The largest absolute Gasteiger partial charge is 0.341 e. The summed E-state index contributed by atoms with van der Waals surface area (Å²) < 4.78 is 60.6. The molecule has 27 heavy (non-hydrogen) atoms. The molecule has 2 rings (SSSR count). The van der Waals surface area contributed by atoms with Crippen LogP contribution in [0.3, 0.4) is 0 Å². The van der Waals surface area contributed by atoms with Gasteiger partial charge in [0.25, 0.3) is 5.91 Å². The first kappa shape index (κ1) is 20.4. The third-order valence-electron chi connectivity index (χ3n) is 3.52. The molecule has 2 aromatic rings. The molecule has 0 aliphatic rings. The van der Waals surface area contributed by atoms with Crippen molar-refractivity contribution >= 4 is 27.3 Å². The summed E-state index contributed by atoms with van der Waals surface area (Å²) in [6, 6.07) is 9.04. The number of halogens is 3. The van der Waals surface area contributed by atoms with E-state index in [0.717, 1.165) is 29.2 Å². The Bertz CT molecular complexity index is 930. The molecule has 1 N–H and O–H groups in total. The molecular weight excluding hydrogens is 385 g/mol. The second kappa shape index (κ2) is 8.21. The average Bonchev–Trinajstić information content (AvgIpc) is 2.62. The highest BCUT2D eigenvalue weighted by molar-refractivity contribution is 7.91. The number of hydrogen-bond donors (Lipinski definition) is 1. The van der Waals surface area contributed by atoms with Gasteiger partial charge in [-0.1, -0.05) is 0 Å². The van der Waals surface area contributed by atoms with Gasteiger partial charge in [0.1, 0.15) is 5.82 Å². The van der Waals surface area contributed by atoms with Crippen LogP contribution >= 0.6 is 0 Å². The van der Waals surface area contributed by atoms with E-state index in [0.29, 0.717) is 5.69 Å². The SMILES string of the molecule is CN(CC(=O)Nc1ccc(F)cc1)C(=O)c1ccc(S(=O)(=O)C(F)F)cc1. The molecule has 0 aliphatic carbocycles. The van der Waals surface area contributed by atoms with Crippen molar-refractivity contribution in [2.45, 2.75) is 10.7 Å². The number of alkyl halides is 2. The lowest BCUT2D eigenvalue weighted by molar-refractivity contribution is -0.116. The first-order chi connectivity index (χ1) is 12.6. The number of anilines is 1. The minimum Gasteiger partial charge on any atom is -0.332 e. The molecule has 0 atom stereocenters. The number of benzene rings is 2. The molecule has 0 saturated carbocycles. The lowest BCUT2D eigenvalue weighted by Gasteiger charge is -2.17. The van der Waals surface area contributed by atoms with Gasteiger partial charge in [-0.2, -0.15) is 8.78 Å². The Morgan fingerprint density at radius 2 is 1.59 bits per heavy atom.